The number of aryl methyl sites for hydroxylation is 1. The molecule has 17 heavy (non-hydrogen) atoms. The van der Waals surface area contributed by atoms with Gasteiger partial charge in [-0.3, -0.25) is 9.67 Å². The lowest BCUT2D eigenvalue weighted by Crippen LogP contribution is -1.98. The third kappa shape index (κ3) is 1.91. The lowest BCUT2D eigenvalue weighted by molar-refractivity contribution is 0.734. The zero-order valence-corrected chi connectivity index (χ0v) is 11.0. The zero-order chi connectivity index (χ0) is 12.0. The van der Waals surface area contributed by atoms with E-state index in [4.69, 9.17) is 23.8 Å². The maximum Gasteiger partial charge on any atom is 0.195 e. The van der Waals surface area contributed by atoms with Crippen LogP contribution in [0, 0.1) is 11.7 Å². The van der Waals surface area contributed by atoms with Gasteiger partial charge in [-0.25, -0.2) is 0 Å². The van der Waals surface area contributed by atoms with Crippen molar-refractivity contribution in [2.45, 2.75) is 25.8 Å². The molecule has 1 N–H and O–H groups in total. The predicted molar refractivity (Wildman–Crippen MR) is 70.9 cm³/mol. The summed E-state index contributed by atoms with van der Waals surface area (Å²) in [5.74, 6) is 0.923. The van der Waals surface area contributed by atoms with Gasteiger partial charge in [0.15, 0.2) is 10.6 Å². The summed E-state index contributed by atoms with van der Waals surface area (Å²) < 4.78 is 2.82. The van der Waals surface area contributed by atoms with Crippen LogP contribution in [0.3, 0.4) is 0 Å². The van der Waals surface area contributed by atoms with Gasteiger partial charge in [0.05, 0.1) is 0 Å². The number of nitrogens with one attached hydrogen (secondary N) is 1. The molecule has 0 amide bonds. The standard InChI is InChI=1S/C12H12ClN3S/c1-7-6-8(13)2-5-10(7)11-14-15-12(17)16(11)9-3-4-9/h2,5-6,9H,3-4H2,1H3,(H,15,17). The number of hydrogen-bond acceptors (Lipinski definition) is 2. The summed E-state index contributed by atoms with van der Waals surface area (Å²) in [4.78, 5) is 0. The topological polar surface area (TPSA) is 33.6 Å². The lowest BCUT2D eigenvalue weighted by atomic mass is 10.1. The Bertz CT molecular complexity index is 625. The molecule has 1 aromatic heterocycles. The minimum atomic E-state index is 0.520. The average Bonchev–Trinajstić information content (AvgIpc) is 3.03. The SMILES string of the molecule is Cc1cc(Cl)ccc1-c1n[nH]c(=S)n1C1CC1. The van der Waals surface area contributed by atoms with Gasteiger partial charge in [0.25, 0.3) is 0 Å². The van der Waals surface area contributed by atoms with Crippen LogP contribution in [0.4, 0.5) is 0 Å². The first kappa shape index (κ1) is 11.0. The minimum absolute atomic E-state index is 0.520. The van der Waals surface area contributed by atoms with E-state index in [1.165, 1.54) is 12.8 Å². The second kappa shape index (κ2) is 3.96. The molecule has 0 spiro atoms. The van der Waals surface area contributed by atoms with Gasteiger partial charge in [0.1, 0.15) is 0 Å². The van der Waals surface area contributed by atoms with Crippen molar-refractivity contribution in [3.05, 3.63) is 33.6 Å². The maximum atomic E-state index is 5.97. The fourth-order valence-electron chi connectivity index (χ4n) is 2.04. The summed E-state index contributed by atoms with van der Waals surface area (Å²) >= 11 is 11.2. The van der Waals surface area contributed by atoms with Crippen LogP contribution >= 0.6 is 23.8 Å². The second-order valence-corrected chi connectivity index (χ2v) is 5.24. The van der Waals surface area contributed by atoms with Gasteiger partial charge in [0.2, 0.25) is 0 Å². The van der Waals surface area contributed by atoms with Gasteiger partial charge >= 0.3 is 0 Å². The third-order valence-corrected chi connectivity index (χ3v) is 3.57. The minimum Gasteiger partial charge on any atom is -0.297 e. The van der Waals surface area contributed by atoms with Gasteiger partial charge in [-0.15, -0.1) is 0 Å². The lowest BCUT2D eigenvalue weighted by Gasteiger charge is -2.07. The molecule has 0 saturated heterocycles. The fourth-order valence-corrected chi connectivity index (χ4v) is 2.55. The van der Waals surface area contributed by atoms with E-state index < -0.39 is 0 Å². The van der Waals surface area contributed by atoms with Crippen LogP contribution in [0.15, 0.2) is 18.2 Å². The number of halogens is 1. The van der Waals surface area contributed by atoms with E-state index in [0.717, 1.165) is 22.0 Å². The molecule has 3 nitrogen and oxygen atoms in total. The van der Waals surface area contributed by atoms with Crippen molar-refractivity contribution < 1.29 is 0 Å². The van der Waals surface area contributed by atoms with E-state index in [-0.39, 0.29) is 0 Å². The Balaban J connectivity index is 2.18. The van der Waals surface area contributed by atoms with E-state index in [1.54, 1.807) is 0 Å². The van der Waals surface area contributed by atoms with E-state index in [2.05, 4.69) is 14.8 Å². The molecular formula is C12H12ClN3S. The van der Waals surface area contributed by atoms with Crippen molar-refractivity contribution >= 4 is 23.8 Å². The molecule has 1 fully saturated rings. The van der Waals surface area contributed by atoms with Crippen molar-refractivity contribution in [1.29, 1.82) is 0 Å². The number of nitrogens with zero attached hydrogens (tertiary/aromatic N) is 2. The Kier molecular flexibility index (Phi) is 2.56. The largest absolute Gasteiger partial charge is 0.297 e. The molecular weight excluding hydrogens is 254 g/mol. The van der Waals surface area contributed by atoms with Gasteiger partial charge in [-0.1, -0.05) is 11.6 Å². The predicted octanol–water partition coefficient (Wildman–Crippen LogP) is 3.90. The number of aromatic nitrogens is 3. The van der Waals surface area contributed by atoms with E-state index in [1.807, 2.05) is 25.1 Å². The van der Waals surface area contributed by atoms with Gasteiger partial charge in [0, 0.05) is 16.6 Å². The molecule has 0 aliphatic heterocycles. The van der Waals surface area contributed by atoms with Crippen molar-refractivity contribution in [3.8, 4) is 11.4 Å². The third-order valence-electron chi connectivity index (χ3n) is 3.05. The van der Waals surface area contributed by atoms with Crippen LogP contribution in [0.1, 0.15) is 24.4 Å². The van der Waals surface area contributed by atoms with Gasteiger partial charge in [-0.05, 0) is 55.7 Å². The monoisotopic (exact) mass is 265 g/mol. The molecule has 3 rings (SSSR count). The van der Waals surface area contributed by atoms with Crippen LogP contribution in [-0.4, -0.2) is 14.8 Å². The molecule has 1 heterocycles. The number of H-pyrrole nitrogens is 1. The van der Waals surface area contributed by atoms with Crippen molar-refractivity contribution in [1.82, 2.24) is 14.8 Å². The maximum absolute atomic E-state index is 5.97. The first-order valence-corrected chi connectivity index (χ1v) is 6.39. The van der Waals surface area contributed by atoms with Crippen molar-refractivity contribution in [2.24, 2.45) is 0 Å². The molecule has 0 radical (unpaired) electrons. The zero-order valence-electron chi connectivity index (χ0n) is 9.40. The molecule has 0 unspecified atom stereocenters. The molecule has 2 aromatic rings. The molecule has 1 saturated carbocycles. The van der Waals surface area contributed by atoms with Gasteiger partial charge < -0.3 is 0 Å². The number of hydrogen-bond donors (Lipinski definition) is 1. The number of rotatable bonds is 2. The molecule has 0 atom stereocenters. The van der Waals surface area contributed by atoms with Crippen LogP contribution < -0.4 is 0 Å². The summed E-state index contributed by atoms with van der Waals surface area (Å²) in [7, 11) is 0. The first-order valence-electron chi connectivity index (χ1n) is 5.60. The van der Waals surface area contributed by atoms with Crippen molar-refractivity contribution in [3.63, 3.8) is 0 Å². The second-order valence-electron chi connectivity index (χ2n) is 4.41. The fraction of sp³-hybridized carbons (Fsp3) is 0.333. The normalized spacial score (nSPS) is 15.2. The Hall–Kier alpha value is -1.13. The van der Waals surface area contributed by atoms with Crippen LogP contribution in [0.2, 0.25) is 5.02 Å². The summed E-state index contributed by atoms with van der Waals surface area (Å²) in [6, 6.07) is 6.36. The highest BCUT2D eigenvalue weighted by atomic mass is 35.5. The first-order chi connectivity index (χ1) is 8.16. The van der Waals surface area contributed by atoms with Crippen molar-refractivity contribution in [2.75, 3.05) is 0 Å². The Morgan fingerprint density at radius 3 is 2.88 bits per heavy atom. The molecule has 5 heteroatoms. The highest BCUT2D eigenvalue weighted by Crippen LogP contribution is 2.38. The quantitative estimate of drug-likeness (QED) is 0.836. The molecule has 0 bridgehead atoms. The number of benzene rings is 1. The Morgan fingerprint density at radius 2 is 2.24 bits per heavy atom. The highest BCUT2D eigenvalue weighted by Gasteiger charge is 2.28. The molecule has 1 aromatic carbocycles. The van der Waals surface area contributed by atoms with Gasteiger partial charge in [-0.2, -0.15) is 5.10 Å². The highest BCUT2D eigenvalue weighted by molar-refractivity contribution is 7.71. The Labute approximate surface area is 109 Å². The van der Waals surface area contributed by atoms with E-state index in [0.29, 0.717) is 10.8 Å². The smallest absolute Gasteiger partial charge is 0.195 e. The summed E-state index contributed by atoms with van der Waals surface area (Å²) in [5, 5.41) is 7.97. The number of aromatic amines is 1. The average molecular weight is 266 g/mol. The molecule has 1 aliphatic rings. The van der Waals surface area contributed by atoms with E-state index >= 15 is 0 Å². The molecule has 88 valence electrons. The Morgan fingerprint density at radius 1 is 1.47 bits per heavy atom. The summed E-state index contributed by atoms with van der Waals surface area (Å²) in [6.07, 6.45) is 2.38. The van der Waals surface area contributed by atoms with Crippen LogP contribution in [-0.2, 0) is 0 Å². The van der Waals surface area contributed by atoms with Crippen LogP contribution in [0.5, 0.6) is 0 Å². The molecule has 1 aliphatic carbocycles. The summed E-state index contributed by atoms with van der Waals surface area (Å²) in [6.45, 7) is 2.04. The van der Waals surface area contributed by atoms with E-state index in [9.17, 15) is 0 Å². The van der Waals surface area contributed by atoms with Crippen LogP contribution in [0.25, 0.3) is 11.4 Å². The summed E-state index contributed by atoms with van der Waals surface area (Å²) in [5.41, 5.74) is 2.21.